The average Bonchev–Trinajstić information content (AvgIpc) is 3.04. The summed E-state index contributed by atoms with van der Waals surface area (Å²) in [5, 5.41) is 12.0. The zero-order chi connectivity index (χ0) is 23.9. The van der Waals surface area contributed by atoms with Gasteiger partial charge in [0.25, 0.3) is 11.7 Å². The SMILES string of the molecule is COc1c(Cl)cc(C)cc1/C(O)=C1\C(=O)C(=O)N(c2ccc(Cl)cc2)C1c1ccc(F)cc1. The summed E-state index contributed by atoms with van der Waals surface area (Å²) in [7, 11) is 1.39. The number of amides is 1. The first-order chi connectivity index (χ1) is 15.7. The third-order valence-electron chi connectivity index (χ3n) is 5.38. The van der Waals surface area contributed by atoms with Crippen molar-refractivity contribution in [3.8, 4) is 5.75 Å². The van der Waals surface area contributed by atoms with Crippen LogP contribution in [0.4, 0.5) is 10.1 Å². The van der Waals surface area contributed by atoms with E-state index in [0.29, 0.717) is 21.8 Å². The predicted molar refractivity (Wildman–Crippen MR) is 125 cm³/mol. The number of halogens is 3. The van der Waals surface area contributed by atoms with Gasteiger partial charge in [0, 0.05) is 10.7 Å². The summed E-state index contributed by atoms with van der Waals surface area (Å²) in [5.41, 5.74) is 1.55. The van der Waals surface area contributed by atoms with Crippen molar-refractivity contribution in [1.82, 2.24) is 0 Å². The molecule has 1 aliphatic heterocycles. The number of Topliss-reactive ketones (excluding diaryl/α,β-unsaturated/α-hetero) is 1. The van der Waals surface area contributed by atoms with Crippen LogP contribution in [0.3, 0.4) is 0 Å². The van der Waals surface area contributed by atoms with Crippen LogP contribution in [0.15, 0.2) is 66.2 Å². The molecule has 3 aromatic rings. The lowest BCUT2D eigenvalue weighted by molar-refractivity contribution is -0.132. The molecule has 1 amide bonds. The number of hydrogen-bond donors (Lipinski definition) is 1. The Labute approximate surface area is 199 Å². The Morgan fingerprint density at radius 3 is 2.27 bits per heavy atom. The Morgan fingerprint density at radius 2 is 1.67 bits per heavy atom. The van der Waals surface area contributed by atoms with Crippen LogP contribution in [0, 0.1) is 12.7 Å². The summed E-state index contributed by atoms with van der Waals surface area (Å²) in [4.78, 5) is 27.6. The van der Waals surface area contributed by atoms with Crippen LogP contribution in [0.5, 0.6) is 5.75 Å². The summed E-state index contributed by atoms with van der Waals surface area (Å²) in [6, 6.07) is 14.0. The number of nitrogens with zero attached hydrogens (tertiary/aromatic N) is 1. The molecule has 1 saturated heterocycles. The van der Waals surface area contributed by atoms with Crippen molar-refractivity contribution < 1.29 is 23.8 Å². The van der Waals surface area contributed by atoms with Crippen molar-refractivity contribution in [1.29, 1.82) is 0 Å². The van der Waals surface area contributed by atoms with E-state index in [-0.39, 0.29) is 21.9 Å². The number of aryl methyl sites for hydroxylation is 1. The minimum Gasteiger partial charge on any atom is -0.507 e. The van der Waals surface area contributed by atoms with Crippen LogP contribution in [-0.2, 0) is 9.59 Å². The predicted octanol–water partition coefficient (Wildman–Crippen LogP) is 6.08. The molecule has 3 aromatic carbocycles. The smallest absolute Gasteiger partial charge is 0.300 e. The van der Waals surface area contributed by atoms with E-state index in [4.69, 9.17) is 27.9 Å². The van der Waals surface area contributed by atoms with Crippen LogP contribution in [0.2, 0.25) is 10.0 Å². The number of anilines is 1. The van der Waals surface area contributed by atoms with E-state index in [9.17, 15) is 19.1 Å². The number of carbonyl (C=O) groups excluding carboxylic acids is 2. The fourth-order valence-corrected chi connectivity index (χ4v) is 4.40. The lowest BCUT2D eigenvalue weighted by Gasteiger charge is -2.25. The highest BCUT2D eigenvalue weighted by Gasteiger charge is 2.47. The number of aliphatic hydroxyl groups is 1. The minimum atomic E-state index is -1.02. The second-order valence-corrected chi connectivity index (χ2v) is 8.37. The Morgan fingerprint density at radius 1 is 1.03 bits per heavy atom. The fraction of sp³-hybridized carbons (Fsp3) is 0.120. The third-order valence-corrected chi connectivity index (χ3v) is 5.91. The first-order valence-electron chi connectivity index (χ1n) is 9.89. The van der Waals surface area contributed by atoms with Crippen LogP contribution in [0.1, 0.15) is 22.7 Å². The molecule has 0 radical (unpaired) electrons. The summed E-state index contributed by atoms with van der Waals surface area (Å²) < 4.78 is 19.0. The van der Waals surface area contributed by atoms with E-state index in [0.717, 1.165) is 0 Å². The zero-order valence-electron chi connectivity index (χ0n) is 17.6. The van der Waals surface area contributed by atoms with Crippen LogP contribution in [-0.4, -0.2) is 23.9 Å². The number of methoxy groups -OCH3 is 1. The Bertz CT molecular complexity index is 1290. The van der Waals surface area contributed by atoms with Gasteiger partial charge in [0.15, 0.2) is 0 Å². The molecule has 1 N–H and O–H groups in total. The highest BCUT2D eigenvalue weighted by Crippen LogP contribution is 2.44. The standard InChI is InChI=1S/C25H18Cl2FNO4/c1-13-11-18(24(33-2)19(27)12-13)22(30)20-21(14-3-7-16(28)8-4-14)29(25(32)23(20)31)17-9-5-15(26)6-10-17/h3-12,21,30H,1-2H3/b22-20+. The zero-order valence-corrected chi connectivity index (χ0v) is 19.1. The van der Waals surface area contributed by atoms with Gasteiger partial charge in [-0.15, -0.1) is 0 Å². The highest BCUT2D eigenvalue weighted by atomic mass is 35.5. The second-order valence-electron chi connectivity index (χ2n) is 7.52. The maximum absolute atomic E-state index is 13.6. The largest absolute Gasteiger partial charge is 0.507 e. The molecule has 1 unspecified atom stereocenters. The average molecular weight is 486 g/mol. The molecule has 0 saturated carbocycles. The van der Waals surface area contributed by atoms with Gasteiger partial charge in [0.05, 0.1) is 29.3 Å². The quantitative estimate of drug-likeness (QED) is 0.276. The number of rotatable bonds is 4. The van der Waals surface area contributed by atoms with Gasteiger partial charge >= 0.3 is 0 Å². The van der Waals surface area contributed by atoms with E-state index in [2.05, 4.69) is 0 Å². The van der Waals surface area contributed by atoms with Gasteiger partial charge < -0.3 is 9.84 Å². The van der Waals surface area contributed by atoms with Gasteiger partial charge in [0.2, 0.25) is 0 Å². The lowest BCUT2D eigenvalue weighted by Crippen LogP contribution is -2.29. The van der Waals surface area contributed by atoms with Crippen molar-refractivity contribution in [2.45, 2.75) is 13.0 Å². The van der Waals surface area contributed by atoms with Crippen molar-refractivity contribution in [3.05, 3.63) is 98.8 Å². The van der Waals surface area contributed by atoms with Crippen LogP contribution in [0.25, 0.3) is 5.76 Å². The fourth-order valence-electron chi connectivity index (χ4n) is 3.92. The van der Waals surface area contributed by atoms with E-state index >= 15 is 0 Å². The normalized spacial score (nSPS) is 17.5. The third kappa shape index (κ3) is 4.08. The maximum Gasteiger partial charge on any atom is 0.300 e. The topological polar surface area (TPSA) is 66.8 Å². The molecule has 0 spiro atoms. The second kappa shape index (κ2) is 8.89. The molecule has 8 heteroatoms. The van der Waals surface area contributed by atoms with Crippen molar-refractivity contribution in [2.75, 3.05) is 12.0 Å². The van der Waals surface area contributed by atoms with E-state index < -0.39 is 29.3 Å². The first kappa shape index (κ1) is 22.8. The number of aliphatic hydroxyl groups excluding tert-OH is 1. The van der Waals surface area contributed by atoms with Crippen molar-refractivity contribution in [3.63, 3.8) is 0 Å². The first-order valence-corrected chi connectivity index (χ1v) is 10.6. The van der Waals surface area contributed by atoms with Gasteiger partial charge in [-0.2, -0.15) is 0 Å². The van der Waals surface area contributed by atoms with E-state index in [1.54, 1.807) is 43.3 Å². The van der Waals surface area contributed by atoms with E-state index in [1.165, 1.54) is 36.3 Å². The molecule has 5 nitrogen and oxygen atoms in total. The van der Waals surface area contributed by atoms with Crippen LogP contribution >= 0.6 is 23.2 Å². The molecule has 1 aliphatic rings. The van der Waals surface area contributed by atoms with Gasteiger partial charge in [-0.1, -0.05) is 35.3 Å². The number of carbonyl (C=O) groups is 2. The summed E-state index contributed by atoms with van der Waals surface area (Å²) in [6.45, 7) is 1.77. The van der Waals surface area contributed by atoms with Gasteiger partial charge in [0.1, 0.15) is 17.3 Å². The molecular weight excluding hydrogens is 468 g/mol. The number of ketones is 1. The summed E-state index contributed by atoms with van der Waals surface area (Å²) in [5.74, 6) is -2.49. The molecule has 168 valence electrons. The minimum absolute atomic E-state index is 0.162. The molecule has 0 aliphatic carbocycles. The molecule has 1 fully saturated rings. The Balaban J connectivity index is 2.00. The van der Waals surface area contributed by atoms with Gasteiger partial charge in [-0.25, -0.2) is 4.39 Å². The van der Waals surface area contributed by atoms with Crippen molar-refractivity contribution >= 4 is 46.3 Å². The van der Waals surface area contributed by atoms with Gasteiger partial charge in [-0.3, -0.25) is 14.5 Å². The number of ether oxygens (including phenoxy) is 1. The Kier molecular flexibility index (Phi) is 6.15. The molecule has 0 aromatic heterocycles. The number of hydrogen-bond acceptors (Lipinski definition) is 4. The summed E-state index contributed by atoms with van der Waals surface area (Å²) in [6.07, 6.45) is 0. The molecule has 1 atom stereocenters. The molecule has 33 heavy (non-hydrogen) atoms. The molecular formula is C25H18Cl2FNO4. The maximum atomic E-state index is 13.6. The van der Waals surface area contributed by atoms with Crippen molar-refractivity contribution in [2.24, 2.45) is 0 Å². The van der Waals surface area contributed by atoms with E-state index in [1.807, 2.05) is 0 Å². The van der Waals surface area contributed by atoms with Crippen LogP contribution < -0.4 is 9.64 Å². The lowest BCUT2D eigenvalue weighted by atomic mass is 9.94. The molecule has 1 heterocycles. The highest BCUT2D eigenvalue weighted by molar-refractivity contribution is 6.51. The monoisotopic (exact) mass is 485 g/mol. The Hall–Kier alpha value is -3.35. The molecule has 0 bridgehead atoms. The molecule has 4 rings (SSSR count). The number of benzene rings is 3. The van der Waals surface area contributed by atoms with Gasteiger partial charge in [-0.05, 0) is 66.6 Å². The summed E-state index contributed by atoms with van der Waals surface area (Å²) >= 11 is 12.3.